The first-order chi connectivity index (χ1) is 8.25. The fourth-order valence-corrected chi connectivity index (χ4v) is 2.46. The van der Waals surface area contributed by atoms with Crippen LogP contribution in [0.2, 0.25) is 0 Å². The van der Waals surface area contributed by atoms with Crippen molar-refractivity contribution >= 4 is 28.1 Å². The highest BCUT2D eigenvalue weighted by atomic mass is 32.1. The first kappa shape index (κ1) is 10.2. The van der Waals surface area contributed by atoms with Crippen LogP contribution >= 0.6 is 11.3 Å². The SMILES string of the molecule is CC(=O)c1nc(-c2coc3ccccc23)cs1. The quantitative estimate of drug-likeness (QED) is 0.643. The van der Waals surface area contributed by atoms with Gasteiger partial charge in [0.25, 0.3) is 0 Å². The number of nitrogens with zero attached hydrogens (tertiary/aromatic N) is 1. The van der Waals surface area contributed by atoms with E-state index in [-0.39, 0.29) is 5.78 Å². The highest BCUT2D eigenvalue weighted by Gasteiger charge is 2.12. The van der Waals surface area contributed by atoms with Crippen LogP contribution in [0, 0.1) is 0 Å². The molecule has 17 heavy (non-hydrogen) atoms. The van der Waals surface area contributed by atoms with Gasteiger partial charge in [0.1, 0.15) is 11.8 Å². The number of hydrogen-bond acceptors (Lipinski definition) is 4. The monoisotopic (exact) mass is 243 g/mol. The van der Waals surface area contributed by atoms with Crippen LogP contribution in [0.3, 0.4) is 0 Å². The number of thiazole rings is 1. The summed E-state index contributed by atoms with van der Waals surface area (Å²) in [6.07, 6.45) is 1.68. The first-order valence-electron chi connectivity index (χ1n) is 5.19. The standard InChI is InChI=1S/C13H9NO2S/c1-8(15)13-14-11(7-17-13)10-6-16-12-5-3-2-4-9(10)12/h2-7H,1H3. The van der Waals surface area contributed by atoms with E-state index in [2.05, 4.69) is 4.98 Å². The van der Waals surface area contributed by atoms with Crippen LogP contribution in [0.25, 0.3) is 22.2 Å². The lowest BCUT2D eigenvalue weighted by Gasteiger charge is -1.91. The average Bonchev–Trinajstić information content (AvgIpc) is 2.95. The molecular formula is C13H9NO2S. The fourth-order valence-electron chi connectivity index (χ4n) is 1.74. The van der Waals surface area contributed by atoms with Gasteiger partial charge in [0.2, 0.25) is 0 Å². The van der Waals surface area contributed by atoms with Crippen molar-refractivity contribution in [2.45, 2.75) is 6.92 Å². The van der Waals surface area contributed by atoms with Crippen molar-refractivity contribution in [1.82, 2.24) is 4.98 Å². The highest BCUT2D eigenvalue weighted by Crippen LogP contribution is 2.31. The van der Waals surface area contributed by atoms with E-state index in [1.807, 2.05) is 29.6 Å². The van der Waals surface area contributed by atoms with Gasteiger partial charge in [-0.05, 0) is 6.07 Å². The van der Waals surface area contributed by atoms with Gasteiger partial charge in [0, 0.05) is 23.3 Å². The fraction of sp³-hybridized carbons (Fsp3) is 0.0769. The highest BCUT2D eigenvalue weighted by molar-refractivity contribution is 7.12. The third-order valence-corrected chi connectivity index (χ3v) is 3.51. The largest absolute Gasteiger partial charge is 0.464 e. The van der Waals surface area contributed by atoms with E-state index < -0.39 is 0 Å². The molecule has 4 heteroatoms. The van der Waals surface area contributed by atoms with E-state index in [1.54, 1.807) is 6.26 Å². The number of aromatic nitrogens is 1. The van der Waals surface area contributed by atoms with Crippen LogP contribution in [0.1, 0.15) is 16.7 Å². The Balaban J connectivity index is 2.17. The Hall–Kier alpha value is -1.94. The Bertz CT molecular complexity index is 696. The van der Waals surface area contributed by atoms with E-state index in [0.717, 1.165) is 22.2 Å². The summed E-state index contributed by atoms with van der Waals surface area (Å²) >= 11 is 1.36. The van der Waals surface area contributed by atoms with Crippen molar-refractivity contribution in [2.75, 3.05) is 0 Å². The Morgan fingerprint density at radius 2 is 2.18 bits per heavy atom. The first-order valence-corrected chi connectivity index (χ1v) is 6.07. The second-order valence-electron chi connectivity index (χ2n) is 3.74. The molecule has 0 radical (unpaired) electrons. The van der Waals surface area contributed by atoms with Crippen molar-refractivity contribution in [1.29, 1.82) is 0 Å². The van der Waals surface area contributed by atoms with Crippen LogP contribution in [0.5, 0.6) is 0 Å². The summed E-state index contributed by atoms with van der Waals surface area (Å²) < 4.78 is 5.45. The Morgan fingerprint density at radius 3 is 2.94 bits per heavy atom. The zero-order valence-electron chi connectivity index (χ0n) is 9.14. The summed E-state index contributed by atoms with van der Waals surface area (Å²) in [6.45, 7) is 1.52. The predicted octanol–water partition coefficient (Wildman–Crippen LogP) is 3.76. The molecule has 0 fully saturated rings. The van der Waals surface area contributed by atoms with Gasteiger partial charge < -0.3 is 4.42 Å². The second-order valence-corrected chi connectivity index (χ2v) is 4.60. The molecule has 0 saturated heterocycles. The van der Waals surface area contributed by atoms with Crippen molar-refractivity contribution in [3.8, 4) is 11.3 Å². The van der Waals surface area contributed by atoms with Gasteiger partial charge in [-0.1, -0.05) is 18.2 Å². The minimum Gasteiger partial charge on any atom is -0.464 e. The number of Topliss-reactive ketones (excluding diaryl/α,β-unsaturated/α-hetero) is 1. The van der Waals surface area contributed by atoms with Crippen LogP contribution in [0.4, 0.5) is 0 Å². The summed E-state index contributed by atoms with van der Waals surface area (Å²) in [4.78, 5) is 15.5. The van der Waals surface area contributed by atoms with E-state index in [4.69, 9.17) is 4.42 Å². The van der Waals surface area contributed by atoms with Gasteiger partial charge >= 0.3 is 0 Å². The Kier molecular flexibility index (Phi) is 2.30. The molecule has 84 valence electrons. The number of para-hydroxylation sites is 1. The van der Waals surface area contributed by atoms with Crippen molar-refractivity contribution < 1.29 is 9.21 Å². The van der Waals surface area contributed by atoms with Gasteiger partial charge in [0.05, 0.1) is 5.69 Å². The molecule has 0 atom stereocenters. The van der Waals surface area contributed by atoms with Gasteiger partial charge in [-0.25, -0.2) is 4.98 Å². The molecular weight excluding hydrogens is 234 g/mol. The molecule has 2 heterocycles. The number of hydrogen-bond donors (Lipinski definition) is 0. The number of furan rings is 1. The van der Waals surface area contributed by atoms with Crippen LogP contribution in [-0.2, 0) is 0 Å². The van der Waals surface area contributed by atoms with Gasteiger partial charge in [-0.15, -0.1) is 11.3 Å². The Morgan fingerprint density at radius 1 is 1.35 bits per heavy atom. The van der Waals surface area contributed by atoms with Gasteiger partial charge in [-0.3, -0.25) is 4.79 Å². The minimum absolute atomic E-state index is 0.00551. The maximum absolute atomic E-state index is 11.2. The van der Waals surface area contributed by atoms with Crippen LogP contribution in [0.15, 0.2) is 40.3 Å². The molecule has 0 amide bonds. The third kappa shape index (κ3) is 1.66. The number of benzene rings is 1. The predicted molar refractivity (Wildman–Crippen MR) is 67.3 cm³/mol. The molecule has 0 aliphatic rings. The third-order valence-electron chi connectivity index (χ3n) is 2.56. The van der Waals surface area contributed by atoms with Crippen LogP contribution < -0.4 is 0 Å². The minimum atomic E-state index is -0.00551. The summed E-state index contributed by atoms with van der Waals surface area (Å²) in [5.74, 6) is -0.00551. The lowest BCUT2D eigenvalue weighted by atomic mass is 10.1. The number of carbonyl (C=O) groups is 1. The molecule has 3 rings (SSSR count). The maximum Gasteiger partial charge on any atom is 0.188 e. The summed E-state index contributed by atoms with van der Waals surface area (Å²) in [5.41, 5.74) is 2.56. The number of fused-ring (bicyclic) bond motifs is 1. The summed E-state index contributed by atoms with van der Waals surface area (Å²) in [6, 6.07) is 7.79. The normalized spacial score (nSPS) is 10.9. The van der Waals surface area contributed by atoms with Crippen molar-refractivity contribution in [3.63, 3.8) is 0 Å². The van der Waals surface area contributed by atoms with E-state index in [0.29, 0.717) is 5.01 Å². The van der Waals surface area contributed by atoms with Gasteiger partial charge in [0.15, 0.2) is 10.8 Å². The number of ketones is 1. The molecule has 3 nitrogen and oxygen atoms in total. The molecule has 0 unspecified atom stereocenters. The number of carbonyl (C=O) groups excluding carboxylic acids is 1. The molecule has 0 spiro atoms. The lowest BCUT2D eigenvalue weighted by Crippen LogP contribution is -1.89. The molecule has 0 bridgehead atoms. The van der Waals surface area contributed by atoms with Crippen molar-refractivity contribution in [2.24, 2.45) is 0 Å². The molecule has 0 saturated carbocycles. The average molecular weight is 243 g/mol. The second kappa shape index (κ2) is 3.82. The zero-order valence-corrected chi connectivity index (χ0v) is 9.95. The lowest BCUT2D eigenvalue weighted by molar-refractivity contribution is 0.101. The van der Waals surface area contributed by atoms with Crippen molar-refractivity contribution in [3.05, 3.63) is 40.9 Å². The summed E-state index contributed by atoms with van der Waals surface area (Å²) in [5, 5.41) is 3.44. The molecule has 0 N–H and O–H groups in total. The van der Waals surface area contributed by atoms with Crippen LogP contribution in [-0.4, -0.2) is 10.8 Å². The molecule has 0 aliphatic carbocycles. The zero-order chi connectivity index (χ0) is 11.8. The summed E-state index contributed by atoms with van der Waals surface area (Å²) in [7, 11) is 0. The van der Waals surface area contributed by atoms with E-state index in [1.165, 1.54) is 18.3 Å². The molecule has 1 aromatic carbocycles. The molecule has 3 aromatic rings. The topological polar surface area (TPSA) is 43.1 Å². The number of rotatable bonds is 2. The maximum atomic E-state index is 11.2. The van der Waals surface area contributed by atoms with Gasteiger partial charge in [-0.2, -0.15) is 0 Å². The van der Waals surface area contributed by atoms with E-state index >= 15 is 0 Å². The molecule has 2 aromatic heterocycles. The smallest absolute Gasteiger partial charge is 0.188 e. The van der Waals surface area contributed by atoms with E-state index in [9.17, 15) is 4.79 Å². The molecule has 0 aliphatic heterocycles. The Labute approximate surface area is 102 Å².